The van der Waals surface area contributed by atoms with E-state index in [0.29, 0.717) is 13.2 Å². The van der Waals surface area contributed by atoms with Gasteiger partial charge in [0.1, 0.15) is 12.7 Å². The molecule has 0 spiro atoms. The monoisotopic (exact) mass is 450 g/mol. The van der Waals surface area contributed by atoms with Crippen molar-refractivity contribution in [3.8, 4) is 0 Å². The predicted molar refractivity (Wildman–Crippen MR) is 101 cm³/mol. The molecule has 1 aliphatic rings. The Bertz CT molecular complexity index is 607. The zero-order valence-electron chi connectivity index (χ0n) is 18.3. The maximum absolute atomic E-state index is 11.7. The smallest absolute Gasteiger partial charge is 0.303 e. The van der Waals surface area contributed by atoms with Gasteiger partial charge in [-0.3, -0.25) is 19.2 Å². The summed E-state index contributed by atoms with van der Waals surface area (Å²) in [5, 5.41) is 0. The Morgan fingerprint density at radius 3 is 1.81 bits per heavy atom. The minimum absolute atomic E-state index is 0.0391. The van der Waals surface area contributed by atoms with Crippen molar-refractivity contribution in [2.24, 2.45) is 0 Å². The standard InChI is InChI=1S/C19H30O12/c1-11(20)27-10-15-16(28-12(2)21)17(29-13(3)22)18(30-14(4)23)19(31-15)26-9-8-25-7-6-24-5/h15-19H,6-10H2,1-5H3/t15-,16-,17+,18-,19-/m1/s1. The Balaban J connectivity index is 3.07. The molecule has 0 aromatic rings. The zero-order chi connectivity index (χ0) is 23.4. The fraction of sp³-hybridized carbons (Fsp3) is 0.789. The Morgan fingerprint density at radius 1 is 0.710 bits per heavy atom. The van der Waals surface area contributed by atoms with Crippen LogP contribution in [0.5, 0.6) is 0 Å². The second-order valence-electron chi connectivity index (χ2n) is 6.54. The normalized spacial score (nSPS) is 25.4. The van der Waals surface area contributed by atoms with Crippen LogP contribution in [-0.2, 0) is 57.1 Å². The lowest BCUT2D eigenvalue weighted by atomic mass is 9.98. The van der Waals surface area contributed by atoms with E-state index in [-0.39, 0.29) is 19.8 Å². The number of carbonyl (C=O) groups is 4. The largest absolute Gasteiger partial charge is 0.463 e. The van der Waals surface area contributed by atoms with Gasteiger partial charge in [-0.15, -0.1) is 0 Å². The van der Waals surface area contributed by atoms with Crippen LogP contribution < -0.4 is 0 Å². The van der Waals surface area contributed by atoms with Crippen LogP contribution in [0.15, 0.2) is 0 Å². The molecular weight excluding hydrogens is 420 g/mol. The molecule has 31 heavy (non-hydrogen) atoms. The van der Waals surface area contributed by atoms with Gasteiger partial charge >= 0.3 is 23.9 Å². The van der Waals surface area contributed by atoms with E-state index in [4.69, 9.17) is 37.9 Å². The molecule has 12 nitrogen and oxygen atoms in total. The second-order valence-corrected chi connectivity index (χ2v) is 6.54. The van der Waals surface area contributed by atoms with Gasteiger partial charge in [0.05, 0.1) is 26.4 Å². The highest BCUT2D eigenvalue weighted by Gasteiger charge is 2.52. The van der Waals surface area contributed by atoms with E-state index in [9.17, 15) is 19.2 Å². The van der Waals surface area contributed by atoms with Crippen LogP contribution in [0.4, 0.5) is 0 Å². The summed E-state index contributed by atoms with van der Waals surface area (Å²) in [6.07, 6.45) is -6.00. The first-order valence-electron chi connectivity index (χ1n) is 9.64. The van der Waals surface area contributed by atoms with E-state index in [1.807, 2.05) is 0 Å². The third-order valence-corrected chi connectivity index (χ3v) is 3.89. The highest BCUT2D eigenvalue weighted by atomic mass is 16.7. The Morgan fingerprint density at radius 2 is 1.26 bits per heavy atom. The van der Waals surface area contributed by atoms with Crippen molar-refractivity contribution in [2.45, 2.75) is 58.4 Å². The van der Waals surface area contributed by atoms with Gasteiger partial charge in [0.2, 0.25) is 0 Å². The molecule has 0 aromatic carbocycles. The van der Waals surface area contributed by atoms with Crippen LogP contribution in [0.2, 0.25) is 0 Å². The van der Waals surface area contributed by atoms with Gasteiger partial charge in [-0.05, 0) is 0 Å². The van der Waals surface area contributed by atoms with E-state index in [2.05, 4.69) is 0 Å². The van der Waals surface area contributed by atoms with Crippen molar-refractivity contribution in [1.29, 1.82) is 0 Å². The summed E-state index contributed by atoms with van der Waals surface area (Å²) in [5.41, 5.74) is 0. The molecule has 1 rings (SSSR count). The molecule has 1 saturated heterocycles. The molecule has 178 valence electrons. The summed E-state index contributed by atoms with van der Waals surface area (Å²) in [6.45, 7) is 5.29. The lowest BCUT2D eigenvalue weighted by Crippen LogP contribution is -2.63. The molecule has 12 heteroatoms. The van der Waals surface area contributed by atoms with Gasteiger partial charge in [0.25, 0.3) is 0 Å². The van der Waals surface area contributed by atoms with E-state index >= 15 is 0 Å². The Kier molecular flexibility index (Phi) is 12.0. The molecule has 0 aromatic heterocycles. The molecule has 0 unspecified atom stereocenters. The van der Waals surface area contributed by atoms with Crippen molar-refractivity contribution < 1.29 is 57.1 Å². The predicted octanol–water partition coefficient (Wildman–Crippen LogP) is -0.251. The van der Waals surface area contributed by atoms with Gasteiger partial charge in [0, 0.05) is 34.8 Å². The quantitative estimate of drug-likeness (QED) is 0.220. The first kappa shape index (κ1) is 26.8. The number of carbonyl (C=O) groups excluding carboxylic acids is 4. The molecule has 1 fully saturated rings. The highest BCUT2D eigenvalue weighted by molar-refractivity contribution is 5.68. The molecule has 0 bridgehead atoms. The van der Waals surface area contributed by atoms with E-state index < -0.39 is 54.6 Å². The topological polar surface area (TPSA) is 142 Å². The van der Waals surface area contributed by atoms with Crippen LogP contribution in [-0.4, -0.2) is 94.7 Å². The first-order valence-corrected chi connectivity index (χ1v) is 9.64. The van der Waals surface area contributed by atoms with Crippen molar-refractivity contribution >= 4 is 23.9 Å². The summed E-state index contributed by atoms with van der Waals surface area (Å²) in [5.74, 6) is -2.71. The fourth-order valence-corrected chi connectivity index (χ4v) is 2.79. The number of hydrogen-bond donors (Lipinski definition) is 0. The molecule has 0 amide bonds. The SMILES string of the molecule is COCCOCCO[C@@H]1O[C@H](COC(C)=O)[C@@H](OC(C)=O)[C@H](OC(C)=O)[C@H]1OC(C)=O. The third-order valence-electron chi connectivity index (χ3n) is 3.89. The van der Waals surface area contributed by atoms with Crippen LogP contribution >= 0.6 is 0 Å². The van der Waals surface area contributed by atoms with Gasteiger partial charge in [-0.25, -0.2) is 0 Å². The Labute approximate surface area is 180 Å². The second kappa shape index (κ2) is 13.9. The highest BCUT2D eigenvalue weighted by Crippen LogP contribution is 2.29. The summed E-state index contributed by atoms with van der Waals surface area (Å²) < 4.78 is 42.4. The Hall–Kier alpha value is -2.28. The summed E-state index contributed by atoms with van der Waals surface area (Å²) >= 11 is 0. The summed E-state index contributed by atoms with van der Waals surface area (Å²) in [4.78, 5) is 46.3. The average molecular weight is 450 g/mol. The molecule has 5 atom stereocenters. The van der Waals surface area contributed by atoms with E-state index in [1.165, 1.54) is 14.0 Å². The molecule has 1 heterocycles. The van der Waals surface area contributed by atoms with Gasteiger partial charge in [-0.2, -0.15) is 0 Å². The number of methoxy groups -OCH3 is 1. The lowest BCUT2D eigenvalue weighted by molar-refractivity contribution is -0.309. The van der Waals surface area contributed by atoms with Crippen LogP contribution in [0, 0.1) is 0 Å². The van der Waals surface area contributed by atoms with Crippen LogP contribution in [0.3, 0.4) is 0 Å². The fourth-order valence-electron chi connectivity index (χ4n) is 2.79. The van der Waals surface area contributed by atoms with Crippen molar-refractivity contribution in [3.63, 3.8) is 0 Å². The number of hydrogen-bond acceptors (Lipinski definition) is 12. The average Bonchev–Trinajstić information content (AvgIpc) is 2.66. The van der Waals surface area contributed by atoms with E-state index in [1.54, 1.807) is 0 Å². The molecular formula is C19H30O12. The van der Waals surface area contributed by atoms with Crippen LogP contribution in [0.1, 0.15) is 27.7 Å². The maximum Gasteiger partial charge on any atom is 0.303 e. The number of ether oxygens (including phenoxy) is 8. The van der Waals surface area contributed by atoms with Crippen molar-refractivity contribution in [1.82, 2.24) is 0 Å². The van der Waals surface area contributed by atoms with Crippen molar-refractivity contribution in [2.75, 3.05) is 40.1 Å². The van der Waals surface area contributed by atoms with E-state index in [0.717, 1.165) is 20.8 Å². The molecule has 0 N–H and O–H groups in total. The zero-order valence-corrected chi connectivity index (χ0v) is 18.3. The third kappa shape index (κ3) is 10.0. The summed E-state index contributed by atoms with van der Waals surface area (Å²) in [7, 11) is 1.54. The maximum atomic E-state index is 11.7. The summed E-state index contributed by atoms with van der Waals surface area (Å²) in [6, 6.07) is 0. The van der Waals surface area contributed by atoms with Crippen LogP contribution in [0.25, 0.3) is 0 Å². The van der Waals surface area contributed by atoms with Crippen molar-refractivity contribution in [3.05, 3.63) is 0 Å². The minimum Gasteiger partial charge on any atom is -0.463 e. The molecule has 0 saturated carbocycles. The molecule has 0 radical (unpaired) electrons. The molecule has 0 aliphatic carbocycles. The van der Waals surface area contributed by atoms with Gasteiger partial charge in [-0.1, -0.05) is 0 Å². The number of rotatable bonds is 12. The number of esters is 4. The first-order chi connectivity index (χ1) is 14.6. The molecule has 1 aliphatic heterocycles. The van der Waals surface area contributed by atoms with Gasteiger partial charge < -0.3 is 37.9 Å². The minimum atomic E-state index is -1.26. The lowest BCUT2D eigenvalue weighted by Gasteiger charge is -2.44. The van der Waals surface area contributed by atoms with Gasteiger partial charge in [0.15, 0.2) is 24.6 Å².